The van der Waals surface area contributed by atoms with Crippen molar-refractivity contribution in [2.45, 2.75) is 130 Å². The number of hydrogen-bond acceptors (Lipinski definition) is 4. The van der Waals surface area contributed by atoms with Crippen LogP contribution < -0.4 is 0 Å². The Bertz CT molecular complexity index is 1150. The molecule has 0 bridgehead atoms. The largest absolute Gasteiger partial charge is 0.416 e. The van der Waals surface area contributed by atoms with Crippen LogP contribution in [-0.4, -0.2) is 21.5 Å². The molecule has 1 spiro atoms. The molecular weight excluding hydrogens is 543 g/mol. The van der Waals surface area contributed by atoms with Crippen LogP contribution in [0.25, 0.3) is 0 Å². The van der Waals surface area contributed by atoms with E-state index in [0.717, 1.165) is 84.3 Å². The van der Waals surface area contributed by atoms with Crippen molar-refractivity contribution in [3.63, 3.8) is 0 Å². The van der Waals surface area contributed by atoms with Crippen LogP contribution in [0.4, 0.5) is 13.2 Å². The van der Waals surface area contributed by atoms with Gasteiger partial charge in [0.1, 0.15) is 0 Å². The van der Waals surface area contributed by atoms with Gasteiger partial charge >= 0.3 is 6.18 Å². The first-order valence-corrected chi connectivity index (χ1v) is 16.1. The number of aromatic nitrogens is 1. The van der Waals surface area contributed by atoms with Crippen molar-refractivity contribution in [2.75, 3.05) is 6.26 Å². The van der Waals surface area contributed by atoms with Crippen molar-refractivity contribution in [3.8, 4) is 0 Å². The lowest BCUT2D eigenvalue weighted by atomic mass is 9.72. The summed E-state index contributed by atoms with van der Waals surface area (Å²) in [6.45, 7) is 13.1. The van der Waals surface area contributed by atoms with Crippen LogP contribution in [0.2, 0.25) is 0 Å². The predicted molar refractivity (Wildman–Crippen MR) is 165 cm³/mol. The number of aliphatic hydroxyl groups is 2. The van der Waals surface area contributed by atoms with Gasteiger partial charge in [-0.15, -0.1) is 0 Å². The summed E-state index contributed by atoms with van der Waals surface area (Å²) in [6.07, 6.45) is 4.12. The summed E-state index contributed by atoms with van der Waals surface area (Å²) < 4.78 is 39.5. The van der Waals surface area contributed by atoms with Crippen LogP contribution in [0, 0.1) is 10.8 Å². The highest BCUT2D eigenvalue weighted by Crippen LogP contribution is 2.59. The quantitative estimate of drug-likeness (QED) is 0.304. The molecule has 3 unspecified atom stereocenters. The number of pyridine rings is 1. The van der Waals surface area contributed by atoms with Gasteiger partial charge in [-0.25, -0.2) is 0 Å². The Morgan fingerprint density at radius 1 is 0.927 bits per heavy atom. The molecule has 1 heterocycles. The van der Waals surface area contributed by atoms with Gasteiger partial charge in [0.2, 0.25) is 0 Å². The molecule has 0 aliphatic heterocycles. The molecule has 1 fully saturated rings. The van der Waals surface area contributed by atoms with Gasteiger partial charge in [0.25, 0.3) is 0 Å². The van der Waals surface area contributed by atoms with Crippen LogP contribution in [0.3, 0.4) is 0 Å². The second-order valence-electron chi connectivity index (χ2n) is 13.6. The van der Waals surface area contributed by atoms with Gasteiger partial charge in [-0.1, -0.05) is 72.9 Å². The summed E-state index contributed by atoms with van der Waals surface area (Å²) in [5, 5.41) is 22.5. The fourth-order valence-electron chi connectivity index (χ4n) is 6.09. The number of aliphatic hydroxyl groups excluding tert-OH is 2. The van der Waals surface area contributed by atoms with Crippen LogP contribution >= 0.6 is 12.6 Å². The summed E-state index contributed by atoms with van der Waals surface area (Å²) in [5.74, 6) is -0.0571. The Hall–Kier alpha value is -1.57. The molecule has 41 heavy (non-hydrogen) atoms. The maximum atomic E-state index is 13.2. The molecule has 3 nitrogen and oxygen atoms in total. The summed E-state index contributed by atoms with van der Waals surface area (Å²) in [5.41, 5.74) is 5.21. The minimum atomic E-state index is -4.37. The lowest BCUT2D eigenvalue weighted by Gasteiger charge is -2.37. The van der Waals surface area contributed by atoms with E-state index in [2.05, 4.69) is 54.2 Å². The number of benzene rings is 1. The highest BCUT2D eigenvalue weighted by atomic mass is 32.1. The number of rotatable bonds is 2. The van der Waals surface area contributed by atoms with E-state index in [0.29, 0.717) is 18.3 Å². The monoisotopic (exact) mass is 593 g/mol. The molecule has 3 aliphatic carbocycles. The first-order chi connectivity index (χ1) is 19.2. The number of alkyl halides is 3. The fraction of sp³-hybridized carbons (Fsp3) is 0.676. The average molecular weight is 594 g/mol. The zero-order chi connectivity index (χ0) is 30.8. The second-order valence-corrected chi connectivity index (χ2v) is 13.6. The van der Waals surface area contributed by atoms with E-state index < -0.39 is 23.9 Å². The van der Waals surface area contributed by atoms with E-state index in [1.54, 1.807) is 18.4 Å². The van der Waals surface area contributed by atoms with E-state index in [4.69, 9.17) is 4.98 Å². The van der Waals surface area contributed by atoms with Gasteiger partial charge in [-0.05, 0) is 90.4 Å². The van der Waals surface area contributed by atoms with Crippen LogP contribution in [0.15, 0.2) is 24.3 Å². The summed E-state index contributed by atoms with van der Waals surface area (Å²) in [7, 11) is 0. The average Bonchev–Trinajstić information content (AvgIpc) is 3.65. The van der Waals surface area contributed by atoms with Crippen molar-refractivity contribution in [1.82, 2.24) is 4.98 Å². The molecule has 2 N–H and O–H groups in total. The van der Waals surface area contributed by atoms with Crippen molar-refractivity contribution in [3.05, 3.63) is 63.5 Å². The standard InChI is InChI=1S/C27H32F3NO2.C6H14.CH4S/c1-15(2)25-22-18(16-7-9-17(10-8-16)27(28,29)30)5-3-4-6-20(32)24(22)23-19(31-25)13-26(11-12-26)14-21(23)33;1-5-6(2,3)4;1-2/h7-10,15,18,20-21,32-33H,3-6,11-14H2,1-2H3;5H2,1-4H3;2H,1H3. The smallest absolute Gasteiger partial charge is 0.388 e. The molecule has 1 aromatic heterocycles. The number of halogens is 3. The normalized spacial score (nSPS) is 23.2. The van der Waals surface area contributed by atoms with Gasteiger partial charge in [-0.3, -0.25) is 4.98 Å². The predicted octanol–water partition coefficient (Wildman–Crippen LogP) is 9.71. The third-order valence-corrected chi connectivity index (χ3v) is 9.03. The van der Waals surface area contributed by atoms with Gasteiger partial charge < -0.3 is 10.2 Å². The molecule has 1 aromatic carbocycles. The third kappa shape index (κ3) is 8.08. The van der Waals surface area contributed by atoms with Gasteiger partial charge in [0.05, 0.1) is 17.8 Å². The van der Waals surface area contributed by atoms with E-state index in [-0.39, 0.29) is 17.3 Å². The highest BCUT2D eigenvalue weighted by Gasteiger charge is 2.50. The zero-order valence-electron chi connectivity index (χ0n) is 25.9. The van der Waals surface area contributed by atoms with Gasteiger partial charge in [-0.2, -0.15) is 25.8 Å². The lowest BCUT2D eigenvalue weighted by molar-refractivity contribution is -0.137. The fourth-order valence-corrected chi connectivity index (χ4v) is 6.09. The SMILES string of the molecule is CC(C)c1nc2c(c3c1C(c1ccc(C(F)(F)F)cc1)CCCCC3O)C(O)CC1(CC1)C2.CCC(C)(C)C.CS. The number of thiol groups is 1. The van der Waals surface area contributed by atoms with E-state index in [1.165, 1.54) is 6.42 Å². The Labute approximate surface area is 250 Å². The molecule has 3 atom stereocenters. The van der Waals surface area contributed by atoms with Crippen LogP contribution in [0.1, 0.15) is 156 Å². The van der Waals surface area contributed by atoms with Gasteiger partial charge in [0, 0.05) is 22.9 Å². The maximum Gasteiger partial charge on any atom is 0.416 e. The molecule has 7 heteroatoms. The first kappa shape index (κ1) is 33.9. The Balaban J connectivity index is 0.000000515. The summed E-state index contributed by atoms with van der Waals surface area (Å²) in [4.78, 5) is 5.10. The number of nitrogens with zero attached hydrogens (tertiary/aromatic N) is 1. The molecule has 230 valence electrons. The van der Waals surface area contributed by atoms with E-state index >= 15 is 0 Å². The van der Waals surface area contributed by atoms with Crippen LogP contribution in [-0.2, 0) is 12.6 Å². The second kappa shape index (κ2) is 13.4. The lowest BCUT2D eigenvalue weighted by Crippen LogP contribution is -2.27. The van der Waals surface area contributed by atoms with Crippen molar-refractivity contribution < 1.29 is 23.4 Å². The molecule has 0 saturated heterocycles. The zero-order valence-corrected chi connectivity index (χ0v) is 26.8. The molecule has 1 saturated carbocycles. The summed E-state index contributed by atoms with van der Waals surface area (Å²) in [6, 6.07) is 5.45. The molecular formula is C34H50F3NO2S. The minimum Gasteiger partial charge on any atom is -0.388 e. The third-order valence-electron chi connectivity index (χ3n) is 9.03. The Morgan fingerprint density at radius 2 is 1.49 bits per heavy atom. The Morgan fingerprint density at radius 3 is 1.98 bits per heavy atom. The van der Waals surface area contributed by atoms with Crippen molar-refractivity contribution in [1.29, 1.82) is 0 Å². The first-order valence-electron chi connectivity index (χ1n) is 15.2. The topological polar surface area (TPSA) is 53.4 Å². The maximum absolute atomic E-state index is 13.2. The van der Waals surface area contributed by atoms with Crippen molar-refractivity contribution >= 4 is 12.6 Å². The van der Waals surface area contributed by atoms with Gasteiger partial charge in [0.15, 0.2) is 0 Å². The number of fused-ring (bicyclic) bond motifs is 3. The minimum absolute atomic E-state index is 0.0989. The molecule has 3 aliphatic rings. The van der Waals surface area contributed by atoms with Crippen LogP contribution in [0.5, 0.6) is 0 Å². The van der Waals surface area contributed by atoms with E-state index in [9.17, 15) is 23.4 Å². The number of hydrogen-bond donors (Lipinski definition) is 3. The summed E-state index contributed by atoms with van der Waals surface area (Å²) >= 11 is 3.53. The van der Waals surface area contributed by atoms with E-state index in [1.807, 2.05) is 0 Å². The molecule has 0 amide bonds. The Kier molecular flexibility index (Phi) is 11.1. The molecule has 5 rings (SSSR count). The molecule has 0 radical (unpaired) electrons. The molecule has 2 aromatic rings. The highest BCUT2D eigenvalue weighted by molar-refractivity contribution is 7.79. The van der Waals surface area contributed by atoms with Crippen molar-refractivity contribution in [2.24, 2.45) is 10.8 Å².